The maximum Gasteiger partial charge on any atom is 0.165 e. The molecule has 1 N–H and O–H groups in total. The third-order valence-electron chi connectivity index (χ3n) is 3.01. The van der Waals surface area contributed by atoms with Crippen molar-refractivity contribution in [3.05, 3.63) is 59.7 Å². The zero-order valence-electron chi connectivity index (χ0n) is 12.5. The normalized spacial score (nSPS) is 10.9. The molecule has 0 atom stereocenters. The summed E-state index contributed by atoms with van der Waals surface area (Å²) in [6.45, 7) is 6.01. The van der Waals surface area contributed by atoms with Gasteiger partial charge in [0, 0.05) is 18.3 Å². The van der Waals surface area contributed by atoms with Crippen LogP contribution in [0.25, 0.3) is 0 Å². The number of nitrogens with zero attached hydrogens (tertiary/aromatic N) is 1. The van der Waals surface area contributed by atoms with Crippen LogP contribution < -0.4 is 10.1 Å². The van der Waals surface area contributed by atoms with Gasteiger partial charge in [-0.05, 0) is 30.7 Å². The standard InChI is InChI=1S/C17H21FN2O/c1-13(2)10-19-11-14-6-5-8-16(18)17(14)21-12-15-7-3-4-9-20-15/h3-9,13,19H,10-12H2,1-2H3. The summed E-state index contributed by atoms with van der Waals surface area (Å²) in [5.74, 6) is 0.519. The Balaban J connectivity index is 2.03. The number of halogens is 1. The van der Waals surface area contributed by atoms with Crippen molar-refractivity contribution in [2.75, 3.05) is 6.54 Å². The molecule has 1 heterocycles. The number of aromatic nitrogens is 1. The van der Waals surface area contributed by atoms with Gasteiger partial charge < -0.3 is 10.1 Å². The van der Waals surface area contributed by atoms with Crippen LogP contribution in [0.4, 0.5) is 4.39 Å². The van der Waals surface area contributed by atoms with E-state index in [2.05, 4.69) is 24.1 Å². The topological polar surface area (TPSA) is 34.1 Å². The predicted molar refractivity (Wildman–Crippen MR) is 81.5 cm³/mol. The summed E-state index contributed by atoms with van der Waals surface area (Å²) in [4.78, 5) is 4.18. The second-order valence-electron chi connectivity index (χ2n) is 5.36. The molecule has 1 aromatic carbocycles. The van der Waals surface area contributed by atoms with E-state index in [1.807, 2.05) is 24.3 Å². The van der Waals surface area contributed by atoms with E-state index in [1.54, 1.807) is 12.3 Å². The van der Waals surface area contributed by atoms with Gasteiger partial charge in [-0.2, -0.15) is 0 Å². The average molecular weight is 288 g/mol. The van der Waals surface area contributed by atoms with Crippen LogP contribution >= 0.6 is 0 Å². The Hall–Kier alpha value is -1.94. The maximum atomic E-state index is 14.0. The van der Waals surface area contributed by atoms with E-state index in [-0.39, 0.29) is 12.4 Å². The fraction of sp³-hybridized carbons (Fsp3) is 0.353. The monoisotopic (exact) mass is 288 g/mol. The second kappa shape index (κ2) is 7.74. The number of hydrogen-bond acceptors (Lipinski definition) is 3. The van der Waals surface area contributed by atoms with Crippen LogP contribution in [-0.2, 0) is 13.2 Å². The van der Waals surface area contributed by atoms with Crippen LogP contribution in [0, 0.1) is 11.7 Å². The lowest BCUT2D eigenvalue weighted by Gasteiger charge is -2.13. The highest BCUT2D eigenvalue weighted by Crippen LogP contribution is 2.23. The lowest BCUT2D eigenvalue weighted by atomic mass is 10.1. The number of benzene rings is 1. The summed E-state index contributed by atoms with van der Waals surface area (Å²) >= 11 is 0. The molecule has 0 fully saturated rings. The van der Waals surface area contributed by atoms with E-state index in [1.165, 1.54) is 6.07 Å². The fourth-order valence-corrected chi connectivity index (χ4v) is 1.98. The van der Waals surface area contributed by atoms with E-state index in [0.717, 1.165) is 17.8 Å². The highest BCUT2D eigenvalue weighted by Gasteiger charge is 2.10. The van der Waals surface area contributed by atoms with Crippen LogP contribution in [0.3, 0.4) is 0 Å². The first kappa shape index (κ1) is 15.4. The molecule has 0 aliphatic carbocycles. The Bertz CT molecular complexity index is 558. The largest absolute Gasteiger partial charge is 0.484 e. The molecule has 21 heavy (non-hydrogen) atoms. The Kier molecular flexibility index (Phi) is 5.69. The van der Waals surface area contributed by atoms with Gasteiger partial charge in [0.05, 0.1) is 5.69 Å². The molecule has 2 rings (SSSR count). The van der Waals surface area contributed by atoms with Crippen molar-refractivity contribution in [1.29, 1.82) is 0 Å². The molecule has 0 spiro atoms. The van der Waals surface area contributed by atoms with Crippen LogP contribution in [-0.4, -0.2) is 11.5 Å². The van der Waals surface area contributed by atoms with Gasteiger partial charge in [0.1, 0.15) is 6.61 Å². The smallest absolute Gasteiger partial charge is 0.165 e. The van der Waals surface area contributed by atoms with Crippen molar-refractivity contribution in [2.24, 2.45) is 5.92 Å². The molecule has 0 aliphatic heterocycles. The minimum Gasteiger partial charge on any atom is -0.484 e. The number of hydrogen-bond donors (Lipinski definition) is 1. The lowest BCUT2D eigenvalue weighted by Crippen LogP contribution is -2.19. The number of rotatable bonds is 7. The maximum absolute atomic E-state index is 14.0. The predicted octanol–water partition coefficient (Wildman–Crippen LogP) is 3.55. The summed E-state index contributed by atoms with van der Waals surface area (Å²) in [5.41, 5.74) is 1.61. The minimum atomic E-state index is -0.338. The molecule has 0 radical (unpaired) electrons. The molecule has 0 amide bonds. The van der Waals surface area contributed by atoms with E-state index in [0.29, 0.717) is 18.2 Å². The third kappa shape index (κ3) is 4.83. The molecule has 2 aromatic rings. The summed E-state index contributed by atoms with van der Waals surface area (Å²) in [6.07, 6.45) is 1.70. The highest BCUT2D eigenvalue weighted by molar-refractivity contribution is 5.35. The molecule has 0 saturated heterocycles. The van der Waals surface area contributed by atoms with E-state index in [9.17, 15) is 4.39 Å². The molecule has 112 valence electrons. The highest BCUT2D eigenvalue weighted by atomic mass is 19.1. The van der Waals surface area contributed by atoms with E-state index in [4.69, 9.17) is 4.74 Å². The Labute approximate surface area is 125 Å². The van der Waals surface area contributed by atoms with Gasteiger partial charge in [-0.25, -0.2) is 4.39 Å². The molecule has 3 nitrogen and oxygen atoms in total. The summed E-state index contributed by atoms with van der Waals surface area (Å²) in [5, 5.41) is 3.30. The number of nitrogens with one attached hydrogen (secondary N) is 1. The molecular formula is C17H21FN2O. The number of para-hydroxylation sites is 1. The van der Waals surface area contributed by atoms with E-state index < -0.39 is 0 Å². The summed E-state index contributed by atoms with van der Waals surface area (Å²) in [7, 11) is 0. The van der Waals surface area contributed by atoms with Gasteiger partial charge in [0.15, 0.2) is 11.6 Å². The molecule has 0 unspecified atom stereocenters. The Morgan fingerprint density at radius 3 is 2.76 bits per heavy atom. The zero-order valence-corrected chi connectivity index (χ0v) is 12.5. The van der Waals surface area contributed by atoms with Gasteiger partial charge in [-0.1, -0.05) is 32.0 Å². The number of pyridine rings is 1. The third-order valence-corrected chi connectivity index (χ3v) is 3.01. The zero-order chi connectivity index (χ0) is 15.1. The van der Waals surface area contributed by atoms with E-state index >= 15 is 0 Å². The summed E-state index contributed by atoms with van der Waals surface area (Å²) in [6, 6.07) is 10.6. The van der Waals surface area contributed by atoms with Crippen molar-refractivity contribution in [2.45, 2.75) is 27.0 Å². The Morgan fingerprint density at radius 2 is 2.05 bits per heavy atom. The Morgan fingerprint density at radius 1 is 1.19 bits per heavy atom. The van der Waals surface area contributed by atoms with Gasteiger partial charge in [-0.15, -0.1) is 0 Å². The van der Waals surface area contributed by atoms with Crippen molar-refractivity contribution < 1.29 is 9.13 Å². The minimum absolute atomic E-state index is 0.263. The summed E-state index contributed by atoms with van der Waals surface area (Å²) < 4.78 is 19.6. The van der Waals surface area contributed by atoms with Gasteiger partial charge in [0.25, 0.3) is 0 Å². The van der Waals surface area contributed by atoms with Crippen LogP contribution in [0.5, 0.6) is 5.75 Å². The second-order valence-corrected chi connectivity index (χ2v) is 5.36. The first-order valence-electron chi connectivity index (χ1n) is 7.17. The molecule has 0 bridgehead atoms. The average Bonchev–Trinajstić information content (AvgIpc) is 2.47. The van der Waals surface area contributed by atoms with Gasteiger partial charge in [-0.3, -0.25) is 4.98 Å². The fourth-order valence-electron chi connectivity index (χ4n) is 1.98. The van der Waals surface area contributed by atoms with Crippen molar-refractivity contribution in [1.82, 2.24) is 10.3 Å². The number of ether oxygens (including phenoxy) is 1. The van der Waals surface area contributed by atoms with Crippen molar-refractivity contribution in [3.8, 4) is 5.75 Å². The molecule has 4 heteroatoms. The SMILES string of the molecule is CC(C)CNCc1cccc(F)c1OCc1ccccn1. The molecule has 0 saturated carbocycles. The lowest BCUT2D eigenvalue weighted by molar-refractivity contribution is 0.281. The first-order chi connectivity index (χ1) is 10.2. The molecule has 0 aliphatic rings. The quantitative estimate of drug-likeness (QED) is 0.846. The molecular weight excluding hydrogens is 267 g/mol. The van der Waals surface area contributed by atoms with Gasteiger partial charge >= 0.3 is 0 Å². The van der Waals surface area contributed by atoms with Crippen molar-refractivity contribution >= 4 is 0 Å². The van der Waals surface area contributed by atoms with Gasteiger partial charge in [0.2, 0.25) is 0 Å². The van der Waals surface area contributed by atoms with Crippen LogP contribution in [0.2, 0.25) is 0 Å². The molecule has 1 aromatic heterocycles. The van der Waals surface area contributed by atoms with Crippen LogP contribution in [0.1, 0.15) is 25.1 Å². The first-order valence-corrected chi connectivity index (χ1v) is 7.17. The van der Waals surface area contributed by atoms with Crippen molar-refractivity contribution in [3.63, 3.8) is 0 Å². The van der Waals surface area contributed by atoms with Crippen LogP contribution in [0.15, 0.2) is 42.6 Å².